The second-order valence-corrected chi connectivity index (χ2v) is 7.92. The summed E-state index contributed by atoms with van der Waals surface area (Å²) in [4.78, 5) is 17.9. The molecule has 1 unspecified atom stereocenters. The monoisotopic (exact) mass is 428 g/mol. The van der Waals surface area contributed by atoms with Gasteiger partial charge in [-0.25, -0.2) is 0 Å². The molecule has 3 rings (SSSR count). The number of halogens is 1. The van der Waals surface area contributed by atoms with E-state index in [4.69, 9.17) is 22.1 Å². The van der Waals surface area contributed by atoms with Crippen LogP contribution in [0.5, 0.6) is 5.75 Å². The number of carbonyl (C=O) groups is 1. The molecule has 7 heteroatoms. The molecule has 1 aliphatic heterocycles. The number of hydrogen-bond acceptors (Lipinski definition) is 3. The Bertz CT molecular complexity index is 887. The Labute approximate surface area is 183 Å². The van der Waals surface area contributed by atoms with Gasteiger partial charge in [0.1, 0.15) is 12.4 Å². The second kappa shape index (κ2) is 10.9. The van der Waals surface area contributed by atoms with Crippen molar-refractivity contribution in [3.05, 3.63) is 64.7 Å². The number of ether oxygens (including phenoxy) is 1. The summed E-state index contributed by atoms with van der Waals surface area (Å²) >= 11 is 6.19. The lowest BCUT2D eigenvalue weighted by molar-refractivity contribution is -0.119. The van der Waals surface area contributed by atoms with Crippen molar-refractivity contribution < 1.29 is 9.53 Å². The third-order valence-corrected chi connectivity index (χ3v) is 5.61. The molecular weight excluding hydrogens is 400 g/mol. The number of carbonyl (C=O) groups excluding carboxylic acids is 1. The molecule has 0 bridgehead atoms. The maximum Gasteiger partial charge on any atom is 0.217 e. The summed E-state index contributed by atoms with van der Waals surface area (Å²) in [7, 11) is 1.78. The smallest absolute Gasteiger partial charge is 0.217 e. The van der Waals surface area contributed by atoms with Crippen LogP contribution in [0.4, 0.5) is 0 Å². The largest absolute Gasteiger partial charge is 0.487 e. The Kier molecular flexibility index (Phi) is 7.97. The molecule has 0 aromatic heterocycles. The maximum absolute atomic E-state index is 11.3. The van der Waals surface area contributed by atoms with Crippen LogP contribution in [0, 0.1) is 5.92 Å². The molecule has 0 spiro atoms. The van der Waals surface area contributed by atoms with Crippen LogP contribution in [0.25, 0.3) is 0 Å². The average Bonchev–Trinajstić information content (AvgIpc) is 2.74. The van der Waals surface area contributed by atoms with E-state index in [1.807, 2.05) is 36.4 Å². The third kappa shape index (κ3) is 6.13. The molecule has 0 radical (unpaired) electrons. The van der Waals surface area contributed by atoms with Gasteiger partial charge in [0.15, 0.2) is 5.96 Å². The number of aliphatic imine (C=N–C) groups is 1. The number of likely N-dealkylation sites (tertiary alicyclic amines) is 1. The molecule has 160 valence electrons. The number of nitrogens with two attached hydrogens (primary N) is 1. The van der Waals surface area contributed by atoms with Crippen molar-refractivity contribution in [2.45, 2.75) is 32.4 Å². The van der Waals surface area contributed by atoms with Gasteiger partial charge in [0, 0.05) is 33.1 Å². The minimum absolute atomic E-state index is 0.239. The molecule has 1 atom stereocenters. The molecule has 1 saturated heterocycles. The summed E-state index contributed by atoms with van der Waals surface area (Å²) in [6.07, 6.45) is 2.48. The number of piperidine rings is 1. The average molecular weight is 429 g/mol. The van der Waals surface area contributed by atoms with Crippen molar-refractivity contribution in [3.8, 4) is 5.75 Å². The first-order valence-corrected chi connectivity index (χ1v) is 10.6. The van der Waals surface area contributed by atoms with Crippen molar-refractivity contribution in [1.82, 2.24) is 10.2 Å². The lowest BCUT2D eigenvalue weighted by Crippen LogP contribution is -2.47. The molecule has 3 N–H and O–H groups in total. The summed E-state index contributed by atoms with van der Waals surface area (Å²) < 4.78 is 5.92. The number of benzene rings is 2. The standard InChI is InChI=1S/C23H29ClN4O2/c1-26-23(28-12-6-7-17(15-28)13-22(25)29)27-14-18-8-2-3-9-19(18)16-30-21-11-5-4-10-20(21)24/h2-5,8-11,17H,6-7,12-16H2,1H3,(H2,25,29)(H,26,27). The van der Waals surface area contributed by atoms with Crippen molar-refractivity contribution in [2.75, 3.05) is 20.1 Å². The van der Waals surface area contributed by atoms with E-state index < -0.39 is 0 Å². The zero-order valence-corrected chi connectivity index (χ0v) is 18.1. The highest BCUT2D eigenvalue weighted by Crippen LogP contribution is 2.25. The van der Waals surface area contributed by atoms with Crippen molar-refractivity contribution in [1.29, 1.82) is 0 Å². The molecule has 1 heterocycles. The van der Waals surface area contributed by atoms with Crippen LogP contribution in [-0.4, -0.2) is 36.9 Å². The van der Waals surface area contributed by atoms with E-state index in [2.05, 4.69) is 27.3 Å². The van der Waals surface area contributed by atoms with E-state index in [1.165, 1.54) is 0 Å². The fraction of sp³-hybridized carbons (Fsp3) is 0.391. The Morgan fingerprint density at radius 3 is 2.70 bits per heavy atom. The van der Waals surface area contributed by atoms with E-state index in [0.717, 1.165) is 43.0 Å². The predicted molar refractivity (Wildman–Crippen MR) is 121 cm³/mol. The molecule has 1 amide bonds. The van der Waals surface area contributed by atoms with E-state index in [0.29, 0.717) is 30.3 Å². The minimum atomic E-state index is -0.239. The van der Waals surface area contributed by atoms with Gasteiger partial charge in [0.2, 0.25) is 5.91 Å². The van der Waals surface area contributed by atoms with Crippen molar-refractivity contribution in [3.63, 3.8) is 0 Å². The van der Waals surface area contributed by atoms with Crippen molar-refractivity contribution >= 4 is 23.5 Å². The van der Waals surface area contributed by atoms with Gasteiger partial charge in [-0.15, -0.1) is 0 Å². The lowest BCUT2D eigenvalue weighted by Gasteiger charge is -2.34. The molecule has 30 heavy (non-hydrogen) atoms. The van der Waals surface area contributed by atoms with Crippen LogP contribution in [0.1, 0.15) is 30.4 Å². The van der Waals surface area contributed by atoms with Crippen LogP contribution < -0.4 is 15.8 Å². The molecule has 1 aliphatic rings. The predicted octanol–water partition coefficient (Wildman–Crippen LogP) is 3.58. The van der Waals surface area contributed by atoms with Crippen LogP contribution in [0.2, 0.25) is 5.02 Å². The van der Waals surface area contributed by atoms with Gasteiger partial charge in [0.25, 0.3) is 0 Å². The SMILES string of the molecule is CN=C(NCc1ccccc1COc1ccccc1Cl)N1CCCC(CC(N)=O)C1. The van der Waals surface area contributed by atoms with E-state index in [1.54, 1.807) is 7.05 Å². The third-order valence-electron chi connectivity index (χ3n) is 5.30. The van der Waals surface area contributed by atoms with Gasteiger partial charge in [-0.05, 0) is 42.0 Å². The van der Waals surface area contributed by atoms with Crippen LogP contribution >= 0.6 is 11.6 Å². The van der Waals surface area contributed by atoms with Gasteiger partial charge in [-0.1, -0.05) is 48.0 Å². The van der Waals surface area contributed by atoms with E-state index in [9.17, 15) is 4.79 Å². The zero-order valence-electron chi connectivity index (χ0n) is 17.3. The second-order valence-electron chi connectivity index (χ2n) is 7.51. The summed E-state index contributed by atoms with van der Waals surface area (Å²) in [5, 5.41) is 4.06. The highest BCUT2D eigenvalue weighted by molar-refractivity contribution is 6.32. The first kappa shape index (κ1) is 22.0. The number of hydrogen-bond donors (Lipinski definition) is 2. The molecule has 2 aromatic rings. The topological polar surface area (TPSA) is 80.0 Å². The number of nitrogens with zero attached hydrogens (tertiary/aromatic N) is 2. The Balaban J connectivity index is 1.60. The van der Waals surface area contributed by atoms with Gasteiger partial charge < -0.3 is 20.7 Å². The van der Waals surface area contributed by atoms with Gasteiger partial charge in [0.05, 0.1) is 5.02 Å². The number of rotatable bonds is 7. The maximum atomic E-state index is 11.3. The Hall–Kier alpha value is -2.73. The molecule has 2 aromatic carbocycles. The van der Waals surface area contributed by atoms with Gasteiger partial charge in [-0.2, -0.15) is 0 Å². The highest BCUT2D eigenvalue weighted by Gasteiger charge is 2.23. The minimum Gasteiger partial charge on any atom is -0.487 e. The highest BCUT2D eigenvalue weighted by atomic mass is 35.5. The Morgan fingerprint density at radius 1 is 1.23 bits per heavy atom. The Morgan fingerprint density at radius 2 is 1.97 bits per heavy atom. The first-order chi connectivity index (χ1) is 14.6. The summed E-state index contributed by atoms with van der Waals surface area (Å²) in [6.45, 7) is 2.78. The van der Waals surface area contributed by atoms with Gasteiger partial charge >= 0.3 is 0 Å². The number of amides is 1. The molecule has 6 nitrogen and oxygen atoms in total. The fourth-order valence-corrected chi connectivity index (χ4v) is 3.99. The molecule has 0 saturated carbocycles. The van der Waals surface area contributed by atoms with Crippen LogP contribution in [-0.2, 0) is 17.9 Å². The van der Waals surface area contributed by atoms with E-state index >= 15 is 0 Å². The molecule has 0 aliphatic carbocycles. The van der Waals surface area contributed by atoms with E-state index in [-0.39, 0.29) is 11.8 Å². The van der Waals surface area contributed by atoms with Crippen molar-refractivity contribution in [2.24, 2.45) is 16.6 Å². The summed E-state index contributed by atoms with van der Waals surface area (Å²) in [5.41, 5.74) is 7.61. The fourth-order valence-electron chi connectivity index (χ4n) is 3.80. The number of primary amides is 1. The number of para-hydroxylation sites is 1. The number of guanidine groups is 1. The van der Waals surface area contributed by atoms with Crippen LogP contribution in [0.15, 0.2) is 53.5 Å². The quantitative estimate of drug-likeness (QED) is 0.521. The summed E-state index contributed by atoms with van der Waals surface area (Å²) in [6, 6.07) is 15.6. The first-order valence-electron chi connectivity index (χ1n) is 10.2. The zero-order chi connectivity index (χ0) is 21.3. The number of nitrogens with one attached hydrogen (secondary N) is 1. The van der Waals surface area contributed by atoms with Crippen LogP contribution in [0.3, 0.4) is 0 Å². The molecular formula is C23H29ClN4O2. The summed E-state index contributed by atoms with van der Waals surface area (Å²) in [5.74, 6) is 1.56. The van der Waals surface area contributed by atoms with Gasteiger partial charge in [-0.3, -0.25) is 9.79 Å². The normalized spacial score (nSPS) is 16.9. The lowest BCUT2D eigenvalue weighted by atomic mass is 9.95. The molecule has 1 fully saturated rings.